The Balaban J connectivity index is 1.62. The van der Waals surface area contributed by atoms with Gasteiger partial charge in [-0.05, 0) is 81.4 Å². The molecule has 0 aliphatic heterocycles. The lowest BCUT2D eigenvalue weighted by molar-refractivity contribution is -0.00705. The van der Waals surface area contributed by atoms with Crippen molar-refractivity contribution in [1.82, 2.24) is 4.98 Å². The van der Waals surface area contributed by atoms with E-state index in [1.807, 2.05) is 6.07 Å². The van der Waals surface area contributed by atoms with E-state index in [0.29, 0.717) is 11.3 Å². The number of hydrogen-bond donors (Lipinski definition) is 1. The first kappa shape index (κ1) is 14.4. The number of ketones is 1. The molecular weight excluding hydrogens is 296 g/mol. The zero-order chi connectivity index (χ0) is 16.5. The molecule has 0 saturated heterocycles. The third-order valence-corrected chi connectivity index (χ3v) is 6.81. The highest BCUT2D eigenvalue weighted by molar-refractivity contribution is 6.01. The molecule has 3 heteroatoms. The Kier molecular flexibility index (Phi) is 2.89. The number of carbonyl (C=O) groups excluding carboxylic acids is 1. The summed E-state index contributed by atoms with van der Waals surface area (Å²) in [6.07, 6.45) is 8.25. The number of benzene rings is 1. The van der Waals surface area contributed by atoms with Crippen molar-refractivity contribution >= 4 is 22.4 Å². The molecule has 0 amide bonds. The van der Waals surface area contributed by atoms with Gasteiger partial charge in [-0.15, -0.1) is 0 Å². The number of fused-ring (bicyclic) bond motifs is 1. The minimum Gasteiger partial charge on any atom is -0.397 e. The van der Waals surface area contributed by atoms with E-state index in [9.17, 15) is 4.79 Å². The van der Waals surface area contributed by atoms with Crippen LogP contribution in [-0.2, 0) is 5.41 Å². The molecule has 24 heavy (non-hydrogen) atoms. The molecule has 4 bridgehead atoms. The maximum atomic E-state index is 11.7. The molecule has 2 aromatic rings. The molecule has 4 aliphatic rings. The summed E-state index contributed by atoms with van der Waals surface area (Å²) in [5, 5.41) is 0.980. The van der Waals surface area contributed by atoms with Crippen LogP contribution in [0.15, 0.2) is 24.3 Å². The normalized spacial score (nSPS) is 34.0. The highest BCUT2D eigenvalue weighted by Gasteiger charge is 2.52. The van der Waals surface area contributed by atoms with Gasteiger partial charge in [0.05, 0.1) is 11.2 Å². The molecule has 4 saturated carbocycles. The third-order valence-electron chi connectivity index (χ3n) is 6.81. The summed E-state index contributed by atoms with van der Waals surface area (Å²) < 4.78 is 0. The number of hydrogen-bond acceptors (Lipinski definition) is 3. The molecule has 3 nitrogen and oxygen atoms in total. The summed E-state index contributed by atoms with van der Waals surface area (Å²) in [7, 11) is 0. The number of pyridine rings is 1. The van der Waals surface area contributed by atoms with Gasteiger partial charge in [0, 0.05) is 22.1 Å². The van der Waals surface area contributed by atoms with E-state index < -0.39 is 0 Å². The highest BCUT2D eigenvalue weighted by Crippen LogP contribution is 2.60. The maximum absolute atomic E-state index is 11.7. The maximum Gasteiger partial charge on any atom is 0.159 e. The number of nitrogens with zero attached hydrogens (tertiary/aromatic N) is 1. The van der Waals surface area contributed by atoms with Crippen LogP contribution in [0.25, 0.3) is 10.9 Å². The third kappa shape index (κ3) is 2.03. The number of nitrogens with two attached hydrogens (primary N) is 1. The zero-order valence-corrected chi connectivity index (χ0v) is 14.2. The minimum absolute atomic E-state index is 0.0498. The van der Waals surface area contributed by atoms with Gasteiger partial charge in [-0.25, -0.2) is 0 Å². The predicted octanol–water partition coefficient (Wildman–Crippen LogP) is 4.49. The second-order valence-electron chi connectivity index (χ2n) is 8.59. The largest absolute Gasteiger partial charge is 0.397 e. The van der Waals surface area contributed by atoms with Crippen LogP contribution in [0.3, 0.4) is 0 Å². The Morgan fingerprint density at radius 1 is 1.08 bits per heavy atom. The van der Waals surface area contributed by atoms with Crippen molar-refractivity contribution in [1.29, 1.82) is 0 Å². The van der Waals surface area contributed by atoms with E-state index >= 15 is 0 Å². The Labute approximate surface area is 142 Å². The second kappa shape index (κ2) is 4.81. The minimum atomic E-state index is 0.0498. The molecule has 1 aromatic heterocycles. The summed E-state index contributed by atoms with van der Waals surface area (Å²) in [6.45, 7) is 1.58. The van der Waals surface area contributed by atoms with E-state index in [1.165, 1.54) is 44.2 Å². The lowest BCUT2D eigenvalue weighted by Crippen LogP contribution is -2.48. The van der Waals surface area contributed by atoms with E-state index in [-0.39, 0.29) is 11.2 Å². The molecule has 124 valence electrons. The van der Waals surface area contributed by atoms with Crippen molar-refractivity contribution in [3.05, 3.63) is 35.5 Å². The van der Waals surface area contributed by atoms with Crippen LogP contribution in [0.2, 0.25) is 0 Å². The van der Waals surface area contributed by atoms with Gasteiger partial charge in [0.1, 0.15) is 0 Å². The molecule has 0 spiro atoms. The quantitative estimate of drug-likeness (QED) is 0.655. The number of nitrogen functional groups attached to an aromatic ring is 1. The molecule has 4 aliphatic carbocycles. The van der Waals surface area contributed by atoms with E-state index in [0.717, 1.165) is 28.7 Å². The topological polar surface area (TPSA) is 56.0 Å². The molecule has 1 heterocycles. The number of rotatable bonds is 2. The number of aromatic nitrogens is 1. The van der Waals surface area contributed by atoms with E-state index in [1.54, 1.807) is 13.0 Å². The summed E-state index contributed by atoms with van der Waals surface area (Å²) in [5.74, 6) is 2.78. The van der Waals surface area contributed by atoms with Crippen LogP contribution in [0, 0.1) is 17.8 Å². The zero-order valence-electron chi connectivity index (χ0n) is 14.2. The van der Waals surface area contributed by atoms with Gasteiger partial charge in [0.2, 0.25) is 0 Å². The van der Waals surface area contributed by atoms with E-state index in [4.69, 9.17) is 10.7 Å². The fourth-order valence-corrected chi connectivity index (χ4v) is 6.19. The smallest absolute Gasteiger partial charge is 0.159 e. The van der Waals surface area contributed by atoms with Gasteiger partial charge in [-0.1, -0.05) is 6.07 Å². The van der Waals surface area contributed by atoms with Gasteiger partial charge in [-0.3, -0.25) is 9.78 Å². The SMILES string of the molecule is CC(=O)c1cc(N)c2nc(C34CC5CC(CC(C5)C3)C4)ccc2c1. The van der Waals surface area contributed by atoms with Crippen LogP contribution < -0.4 is 5.73 Å². The van der Waals surface area contributed by atoms with Crippen LogP contribution in [-0.4, -0.2) is 10.8 Å². The molecular formula is C21H24N2O. The molecule has 4 fully saturated rings. The standard InChI is InChI=1S/C21H24N2O/c1-12(24)17-7-16-2-3-19(23-20(16)18(22)8-17)21-9-13-4-14(10-21)6-15(5-13)11-21/h2-3,7-8,13-15H,4-6,9-11,22H2,1H3. The number of anilines is 1. The van der Waals surface area contributed by atoms with Gasteiger partial charge in [-0.2, -0.15) is 0 Å². The van der Waals surface area contributed by atoms with Crippen LogP contribution in [0.1, 0.15) is 61.5 Å². The summed E-state index contributed by atoms with van der Waals surface area (Å²) in [4.78, 5) is 16.7. The first-order chi connectivity index (χ1) is 11.5. The van der Waals surface area contributed by atoms with Crippen LogP contribution >= 0.6 is 0 Å². The second-order valence-corrected chi connectivity index (χ2v) is 8.59. The molecule has 2 N–H and O–H groups in total. The van der Waals surface area contributed by atoms with Crippen LogP contribution in [0.5, 0.6) is 0 Å². The van der Waals surface area contributed by atoms with Crippen molar-refractivity contribution in [3.8, 4) is 0 Å². The molecule has 0 radical (unpaired) electrons. The number of Topliss-reactive ketones (excluding diaryl/α,β-unsaturated/α-hetero) is 1. The van der Waals surface area contributed by atoms with Crippen molar-refractivity contribution in [2.24, 2.45) is 17.8 Å². The monoisotopic (exact) mass is 320 g/mol. The Morgan fingerprint density at radius 2 is 1.71 bits per heavy atom. The van der Waals surface area contributed by atoms with Gasteiger partial charge in [0.15, 0.2) is 5.78 Å². The fraction of sp³-hybridized carbons (Fsp3) is 0.524. The Hall–Kier alpha value is -1.90. The van der Waals surface area contributed by atoms with Gasteiger partial charge in [0.25, 0.3) is 0 Å². The molecule has 0 unspecified atom stereocenters. The Bertz CT molecular complexity index is 819. The molecule has 0 atom stereocenters. The van der Waals surface area contributed by atoms with Gasteiger partial charge >= 0.3 is 0 Å². The first-order valence-corrected chi connectivity index (χ1v) is 9.24. The highest BCUT2D eigenvalue weighted by atomic mass is 16.1. The van der Waals surface area contributed by atoms with Crippen molar-refractivity contribution in [3.63, 3.8) is 0 Å². The van der Waals surface area contributed by atoms with Crippen molar-refractivity contribution < 1.29 is 4.79 Å². The van der Waals surface area contributed by atoms with E-state index in [2.05, 4.69) is 12.1 Å². The first-order valence-electron chi connectivity index (χ1n) is 9.24. The number of carbonyl (C=O) groups is 1. The average Bonchev–Trinajstić information content (AvgIpc) is 2.53. The Morgan fingerprint density at radius 3 is 2.29 bits per heavy atom. The lowest BCUT2D eigenvalue weighted by atomic mass is 9.49. The average molecular weight is 320 g/mol. The predicted molar refractivity (Wildman–Crippen MR) is 96.0 cm³/mol. The molecule has 6 rings (SSSR count). The van der Waals surface area contributed by atoms with Crippen molar-refractivity contribution in [2.45, 2.75) is 50.9 Å². The summed E-state index contributed by atoms with van der Waals surface area (Å²) in [5.41, 5.74) is 9.94. The molecule has 1 aromatic carbocycles. The summed E-state index contributed by atoms with van der Waals surface area (Å²) in [6, 6.07) is 8.03. The van der Waals surface area contributed by atoms with Crippen LogP contribution in [0.4, 0.5) is 5.69 Å². The summed E-state index contributed by atoms with van der Waals surface area (Å²) >= 11 is 0. The lowest BCUT2D eigenvalue weighted by Gasteiger charge is -2.56. The van der Waals surface area contributed by atoms with Gasteiger partial charge < -0.3 is 5.73 Å². The fourth-order valence-electron chi connectivity index (χ4n) is 6.19. The van der Waals surface area contributed by atoms with Crippen molar-refractivity contribution in [2.75, 3.05) is 5.73 Å².